The van der Waals surface area contributed by atoms with Gasteiger partial charge in [0.25, 0.3) is 0 Å². The number of halogens is 12. The van der Waals surface area contributed by atoms with Crippen LogP contribution in [-0.2, 0) is 32.4 Å². The van der Waals surface area contributed by atoms with Crippen LogP contribution in [0.15, 0.2) is 161 Å². The molecule has 7 aromatic carbocycles. The molecule has 4 aromatic heterocycles. The number of aromatic carboxylic acids is 2. The number of hydrogen-bond donors (Lipinski definition) is 5. The molecule has 0 radical (unpaired) electrons. The number of hydrogen-bond acceptors (Lipinski definition) is 11. The zero-order valence-corrected chi connectivity index (χ0v) is 69.0. The number of carbonyl (C=O) groups excluding carboxylic acids is 2. The van der Waals surface area contributed by atoms with E-state index in [1.807, 2.05) is 28.8 Å². The Hall–Kier alpha value is -4.16. The van der Waals surface area contributed by atoms with Crippen LogP contribution < -0.4 is 0 Å². The molecule has 0 aliphatic rings. The summed E-state index contributed by atoms with van der Waals surface area (Å²) in [5.41, 5.74) is 4.16. The normalized spacial score (nSPS) is 11.3. The van der Waals surface area contributed by atoms with Gasteiger partial charge >= 0.3 is 23.9 Å². The second-order valence-electron chi connectivity index (χ2n) is 23.9. The first-order valence-electron chi connectivity index (χ1n) is 29.3. The van der Waals surface area contributed by atoms with Crippen molar-refractivity contribution in [2.75, 3.05) is 27.4 Å². The Kier molecular flexibility index (Phi) is 30.7. The minimum Gasteiger partial charge on any atom is -0.477 e. The van der Waals surface area contributed by atoms with Crippen molar-refractivity contribution < 1.29 is 48.3 Å². The van der Waals surface area contributed by atoms with E-state index in [1.165, 1.54) is 37.7 Å². The first kappa shape index (κ1) is 82.1. The third-order valence-electron chi connectivity index (χ3n) is 14.0. The van der Waals surface area contributed by atoms with Crippen LogP contribution in [-0.4, -0.2) is 96.8 Å². The van der Waals surface area contributed by atoms with Gasteiger partial charge in [0.15, 0.2) is 0 Å². The van der Waals surface area contributed by atoms with Gasteiger partial charge < -0.3 is 48.3 Å². The molecule has 0 saturated carbocycles. The molecule has 14 nitrogen and oxygen atoms in total. The van der Waals surface area contributed by atoms with Gasteiger partial charge in [0, 0.05) is 131 Å². The zero-order valence-electron chi connectivity index (χ0n) is 53.7. The Labute approximate surface area is 654 Å². The quantitative estimate of drug-likeness (QED) is 0.0237. The molecule has 4 N–H and O–H groups in total. The van der Waals surface area contributed by atoms with Crippen molar-refractivity contribution in [2.24, 2.45) is 0 Å². The van der Waals surface area contributed by atoms with Crippen molar-refractivity contribution in [1.29, 1.82) is 0 Å². The molecule has 99 heavy (non-hydrogen) atoms. The van der Waals surface area contributed by atoms with Gasteiger partial charge in [-0.3, -0.25) is 0 Å². The number of esters is 2. The van der Waals surface area contributed by atoms with E-state index in [2.05, 4.69) is 98.5 Å². The third-order valence-corrected chi connectivity index (χ3v) is 24.3. The second-order valence-corrected chi connectivity index (χ2v) is 43.8. The fraction of sp³-hybridized carbons (Fsp3) is 0.206. The molecule has 0 aliphatic heterocycles. The van der Waals surface area contributed by atoms with Crippen LogP contribution in [0.4, 0.5) is 0 Å². The van der Waals surface area contributed by atoms with E-state index in [-0.39, 0.29) is 18.1 Å². The molecule has 0 bridgehead atoms. The van der Waals surface area contributed by atoms with Crippen LogP contribution in [0.2, 0.25) is 102 Å². The molecule has 0 atom stereocenters. The van der Waals surface area contributed by atoms with Gasteiger partial charge in [-0.2, -0.15) is 0 Å². The number of rotatable bonds is 18. The molecule has 4 heterocycles. The summed E-state index contributed by atoms with van der Waals surface area (Å²) in [6.45, 7) is 15.5. The number of H-pyrrole nitrogens is 2. The zero-order chi connectivity index (χ0) is 73.0. The van der Waals surface area contributed by atoms with Crippen molar-refractivity contribution >= 4 is 268 Å². The van der Waals surface area contributed by atoms with Crippen molar-refractivity contribution in [3.05, 3.63) is 209 Å². The number of carboxylic acid groups (broad SMARTS) is 2. The number of aromatic amines is 2. The summed E-state index contributed by atoms with van der Waals surface area (Å²) < 4.78 is 26.3. The van der Waals surface area contributed by atoms with Gasteiger partial charge in [0.05, 0.1) is 40.3 Å². The summed E-state index contributed by atoms with van der Waals surface area (Å²) in [5, 5.41) is 27.8. The number of methoxy groups -OCH3 is 2. The molecular formula is C68H62Br2Cl10N4O10S3Si2. The summed E-state index contributed by atoms with van der Waals surface area (Å²) >= 11 is 73.9. The minimum absolute atomic E-state index is 0.112. The van der Waals surface area contributed by atoms with Gasteiger partial charge in [-0.15, -0.1) is 12.6 Å². The molecule has 0 spiro atoms. The fourth-order valence-electron chi connectivity index (χ4n) is 9.04. The van der Waals surface area contributed by atoms with E-state index in [9.17, 15) is 24.3 Å². The Balaban J connectivity index is 0.000000181. The number of thiol groups is 1. The van der Waals surface area contributed by atoms with Crippen LogP contribution in [0, 0.1) is 0 Å². The lowest BCUT2D eigenvalue weighted by atomic mass is 10.2. The van der Waals surface area contributed by atoms with Gasteiger partial charge in [-0.25, -0.2) is 19.2 Å². The molecule has 0 unspecified atom stereocenters. The summed E-state index contributed by atoms with van der Waals surface area (Å²) in [6, 6.07) is 38.7. The number of nitrogens with zero attached hydrogens (tertiary/aromatic N) is 2. The highest BCUT2D eigenvalue weighted by Gasteiger charge is 2.23. The number of aromatic nitrogens is 4. The van der Waals surface area contributed by atoms with Gasteiger partial charge in [0.1, 0.15) is 36.2 Å². The molecule has 31 heteroatoms. The number of fused-ring (bicyclic) bond motifs is 4. The molecule has 0 saturated heterocycles. The summed E-state index contributed by atoms with van der Waals surface area (Å²) in [6.07, 6.45) is 0. The Morgan fingerprint density at radius 1 is 0.455 bits per heavy atom. The maximum Gasteiger partial charge on any atom is 0.354 e. The first-order chi connectivity index (χ1) is 46.5. The minimum atomic E-state index is -1.24. The summed E-state index contributed by atoms with van der Waals surface area (Å²) in [7, 11) is 0.333. The Bertz CT molecular complexity index is 4800. The SMILES string of the molecule is COC(=O)c1cc2c(Br)cc(Cl)cc2[nH]1.COC(=O)c1cc2c(Br)cc(Cl)cc2n1COCC[Si](C)(C)C.C[Si](C)(C)CCOCn1c(C(=O)O)cc2c(Sc3ccc(Cl)cc3Cl)cc(Cl)cc21.O=C(O)c1cc2c(Sc3ccc(Cl)cc3Cl)cc(Cl)cc2[nH]1.Sc1ccc(Cl)cc1Cl. The highest BCUT2D eigenvalue weighted by Crippen LogP contribution is 2.43. The standard InChI is InChI=1S/C21H22Cl3NO3SSi.C16H21BrClNO3Si.C15H8Cl3NO2S.C10H7BrClNO2.C6H4Cl2S/c1-30(2,3)7-6-28-12-25-17-9-14(23)10-20(15(17)11-18(25)21(26)27)29-19-5-4-13(22)8-16(19)24;1-21-16(20)15-9-12-13(17)7-11(18)8-14(12)19(15)10-22-5-6-23(2,3)4;16-7-1-2-13(10(18)3-7)22-14-5-8(17)4-11-9(14)6-12(19-11)15(20)21;1-15-10(14)9-4-6-7(11)2-5(12)3-8(6)13-9;7-4-1-2-6(9)5(8)3-4/h4-5,8-11H,6-7,12H2,1-3H3,(H,26,27);7-9H,5-6,10H2,1-4H3;1-6,19H,(H,20,21);2-4,13H,1H3;1-3,9H. The van der Waals surface area contributed by atoms with Crippen molar-refractivity contribution in [3.8, 4) is 0 Å². The maximum absolute atomic E-state index is 12.1. The summed E-state index contributed by atoms with van der Waals surface area (Å²) in [4.78, 5) is 56.1. The smallest absolute Gasteiger partial charge is 0.354 e. The predicted molar refractivity (Wildman–Crippen MR) is 426 cm³/mol. The van der Waals surface area contributed by atoms with E-state index in [0.29, 0.717) is 92.6 Å². The molecular weight excluding hydrogens is 1700 g/mol. The highest BCUT2D eigenvalue weighted by molar-refractivity contribution is 9.11. The monoisotopic (exact) mass is 1750 g/mol. The molecule has 0 amide bonds. The fourth-order valence-corrected chi connectivity index (χ4v) is 16.5. The van der Waals surface area contributed by atoms with E-state index in [4.69, 9.17) is 135 Å². The number of ether oxygens (including phenoxy) is 4. The van der Waals surface area contributed by atoms with Crippen LogP contribution >= 0.6 is 184 Å². The second kappa shape index (κ2) is 37.0. The summed E-state index contributed by atoms with van der Waals surface area (Å²) in [5.74, 6) is -2.82. The Morgan fingerprint density at radius 2 is 0.869 bits per heavy atom. The van der Waals surface area contributed by atoms with Gasteiger partial charge in [0.2, 0.25) is 0 Å². The highest BCUT2D eigenvalue weighted by atomic mass is 79.9. The molecule has 11 aromatic rings. The lowest BCUT2D eigenvalue weighted by Crippen LogP contribution is -2.22. The number of nitrogens with one attached hydrogen (secondary N) is 2. The number of benzene rings is 7. The lowest BCUT2D eigenvalue weighted by molar-refractivity contribution is 0.0544. The van der Waals surface area contributed by atoms with Crippen molar-refractivity contribution in [3.63, 3.8) is 0 Å². The average molecular weight is 1760 g/mol. The van der Waals surface area contributed by atoms with E-state index in [0.717, 1.165) is 78.1 Å². The van der Waals surface area contributed by atoms with Crippen LogP contribution in [0.25, 0.3) is 43.6 Å². The lowest BCUT2D eigenvalue weighted by Gasteiger charge is -2.16. The first-order valence-corrected chi connectivity index (χ1v) is 44.2. The van der Waals surface area contributed by atoms with E-state index >= 15 is 0 Å². The molecule has 524 valence electrons. The molecule has 0 aliphatic carbocycles. The van der Waals surface area contributed by atoms with Gasteiger partial charge in [-0.05, 0) is 139 Å². The van der Waals surface area contributed by atoms with Crippen LogP contribution in [0.3, 0.4) is 0 Å². The molecule has 0 fully saturated rings. The molecule has 11 rings (SSSR count). The van der Waals surface area contributed by atoms with E-state index in [1.54, 1.807) is 108 Å². The van der Waals surface area contributed by atoms with Crippen LogP contribution in [0.5, 0.6) is 0 Å². The van der Waals surface area contributed by atoms with E-state index < -0.39 is 40.0 Å². The topological polar surface area (TPSA) is 187 Å². The van der Waals surface area contributed by atoms with Crippen molar-refractivity contribution in [1.82, 2.24) is 19.1 Å². The largest absolute Gasteiger partial charge is 0.477 e. The Morgan fingerprint density at radius 3 is 1.34 bits per heavy atom. The maximum atomic E-state index is 12.1. The van der Waals surface area contributed by atoms with Gasteiger partial charge in [-0.1, -0.05) is 211 Å². The number of carbonyl (C=O) groups is 4. The van der Waals surface area contributed by atoms with Crippen molar-refractivity contribution in [2.45, 2.75) is 89.3 Å². The third kappa shape index (κ3) is 23.7. The average Bonchev–Trinajstić information content (AvgIpc) is 1.66. The number of carboxylic acids is 2. The predicted octanol–water partition coefficient (Wildman–Crippen LogP) is 25.5. The van der Waals surface area contributed by atoms with Crippen LogP contribution in [0.1, 0.15) is 42.0 Å².